The van der Waals surface area contributed by atoms with Crippen LogP contribution in [0.1, 0.15) is 18.2 Å². The minimum Gasteiger partial charge on any atom is -0.394 e. The quantitative estimate of drug-likeness (QED) is 0.723. The molecule has 2 N–H and O–H groups in total. The molecule has 1 aliphatic rings. The second-order valence-electron chi connectivity index (χ2n) is 4.69. The molecular formula is C13H18N2O5. The van der Waals surface area contributed by atoms with Crippen LogP contribution in [0.5, 0.6) is 0 Å². The summed E-state index contributed by atoms with van der Waals surface area (Å²) in [5, 5.41) is 9.29. The number of nitrogens with one attached hydrogen (secondary N) is 1. The van der Waals surface area contributed by atoms with Crippen molar-refractivity contribution >= 4 is 0 Å². The van der Waals surface area contributed by atoms with Gasteiger partial charge in [-0.25, -0.2) is 4.79 Å². The lowest BCUT2D eigenvalue weighted by molar-refractivity contribution is -0.0582. The summed E-state index contributed by atoms with van der Waals surface area (Å²) in [5.74, 6) is 0. The SMILES string of the molecule is C=CCOC1CC(n2cc(C)c(=O)[nH]c2=O)OC1CO. The number of rotatable bonds is 5. The van der Waals surface area contributed by atoms with Crippen LogP contribution >= 0.6 is 0 Å². The van der Waals surface area contributed by atoms with Crippen molar-refractivity contribution in [2.75, 3.05) is 13.2 Å². The van der Waals surface area contributed by atoms with E-state index in [-0.39, 0.29) is 12.7 Å². The van der Waals surface area contributed by atoms with E-state index in [1.807, 2.05) is 0 Å². The topological polar surface area (TPSA) is 93.6 Å². The molecule has 2 rings (SSSR count). The zero-order valence-corrected chi connectivity index (χ0v) is 11.2. The molecule has 110 valence electrons. The Morgan fingerprint density at radius 1 is 1.65 bits per heavy atom. The fraction of sp³-hybridized carbons (Fsp3) is 0.538. The number of hydrogen-bond acceptors (Lipinski definition) is 5. The van der Waals surface area contributed by atoms with Crippen LogP contribution in [-0.4, -0.2) is 40.1 Å². The molecule has 1 saturated heterocycles. The van der Waals surface area contributed by atoms with E-state index < -0.39 is 23.6 Å². The Bertz CT molecular complexity index is 591. The molecule has 1 aliphatic heterocycles. The van der Waals surface area contributed by atoms with Crippen LogP contribution in [0.25, 0.3) is 0 Å². The van der Waals surface area contributed by atoms with E-state index >= 15 is 0 Å². The van der Waals surface area contributed by atoms with Gasteiger partial charge in [-0.2, -0.15) is 0 Å². The van der Waals surface area contributed by atoms with Crippen molar-refractivity contribution < 1.29 is 14.6 Å². The Hall–Kier alpha value is -1.70. The number of aryl methyl sites for hydroxylation is 1. The van der Waals surface area contributed by atoms with Crippen molar-refractivity contribution in [1.29, 1.82) is 0 Å². The van der Waals surface area contributed by atoms with Gasteiger partial charge in [0.15, 0.2) is 0 Å². The van der Waals surface area contributed by atoms with Gasteiger partial charge in [-0.1, -0.05) is 6.08 Å². The Morgan fingerprint density at radius 2 is 2.40 bits per heavy atom. The Balaban J connectivity index is 2.22. The lowest BCUT2D eigenvalue weighted by Gasteiger charge is -2.15. The van der Waals surface area contributed by atoms with Gasteiger partial charge in [0, 0.05) is 18.2 Å². The third kappa shape index (κ3) is 2.90. The number of aromatic amines is 1. The van der Waals surface area contributed by atoms with Crippen LogP contribution < -0.4 is 11.2 Å². The maximum absolute atomic E-state index is 11.8. The molecule has 0 aliphatic carbocycles. The highest BCUT2D eigenvalue weighted by Gasteiger charge is 2.36. The van der Waals surface area contributed by atoms with Gasteiger partial charge < -0.3 is 14.6 Å². The molecule has 0 saturated carbocycles. The van der Waals surface area contributed by atoms with E-state index in [1.165, 1.54) is 10.8 Å². The molecule has 1 aromatic heterocycles. The molecule has 0 aromatic carbocycles. The van der Waals surface area contributed by atoms with E-state index in [9.17, 15) is 14.7 Å². The predicted octanol–water partition coefficient (Wildman–Crippen LogP) is -0.304. The summed E-state index contributed by atoms with van der Waals surface area (Å²) in [7, 11) is 0. The number of nitrogens with zero attached hydrogens (tertiary/aromatic N) is 1. The summed E-state index contributed by atoms with van der Waals surface area (Å²) < 4.78 is 12.4. The first-order chi connectivity index (χ1) is 9.56. The second-order valence-corrected chi connectivity index (χ2v) is 4.69. The van der Waals surface area contributed by atoms with Crippen molar-refractivity contribution in [1.82, 2.24) is 9.55 Å². The van der Waals surface area contributed by atoms with E-state index in [0.717, 1.165) is 0 Å². The zero-order chi connectivity index (χ0) is 14.7. The predicted molar refractivity (Wildman–Crippen MR) is 71.6 cm³/mol. The summed E-state index contributed by atoms with van der Waals surface area (Å²) in [6, 6.07) is 0. The summed E-state index contributed by atoms with van der Waals surface area (Å²) >= 11 is 0. The number of aliphatic hydroxyl groups is 1. The van der Waals surface area contributed by atoms with Crippen LogP contribution in [-0.2, 0) is 9.47 Å². The normalized spacial score (nSPS) is 25.8. The first-order valence-corrected chi connectivity index (χ1v) is 6.37. The third-order valence-corrected chi connectivity index (χ3v) is 3.24. The Morgan fingerprint density at radius 3 is 3.05 bits per heavy atom. The molecule has 1 fully saturated rings. The van der Waals surface area contributed by atoms with E-state index in [2.05, 4.69) is 11.6 Å². The van der Waals surface area contributed by atoms with E-state index in [4.69, 9.17) is 9.47 Å². The molecule has 2 heterocycles. The van der Waals surface area contributed by atoms with Crippen molar-refractivity contribution in [2.45, 2.75) is 31.8 Å². The molecule has 0 amide bonds. The van der Waals surface area contributed by atoms with E-state index in [1.54, 1.807) is 13.0 Å². The molecule has 0 spiro atoms. The Labute approximate surface area is 115 Å². The lowest BCUT2D eigenvalue weighted by Crippen LogP contribution is -2.33. The highest BCUT2D eigenvalue weighted by atomic mass is 16.6. The highest BCUT2D eigenvalue weighted by Crippen LogP contribution is 2.29. The van der Waals surface area contributed by atoms with Gasteiger partial charge in [0.05, 0.1) is 19.3 Å². The van der Waals surface area contributed by atoms with Crippen LogP contribution in [0.3, 0.4) is 0 Å². The first kappa shape index (κ1) is 14.7. The molecule has 7 heteroatoms. The highest BCUT2D eigenvalue weighted by molar-refractivity contribution is 5.02. The maximum Gasteiger partial charge on any atom is 0.330 e. The van der Waals surface area contributed by atoms with Crippen LogP contribution in [0.2, 0.25) is 0 Å². The molecule has 3 unspecified atom stereocenters. The Kier molecular flexibility index (Phi) is 4.53. The van der Waals surface area contributed by atoms with Gasteiger partial charge in [0.25, 0.3) is 5.56 Å². The van der Waals surface area contributed by atoms with Gasteiger partial charge in [-0.05, 0) is 6.92 Å². The average Bonchev–Trinajstić information content (AvgIpc) is 2.83. The first-order valence-electron chi connectivity index (χ1n) is 6.37. The van der Waals surface area contributed by atoms with Gasteiger partial charge in [0.2, 0.25) is 0 Å². The van der Waals surface area contributed by atoms with E-state index in [0.29, 0.717) is 18.6 Å². The smallest absolute Gasteiger partial charge is 0.330 e. The second kappa shape index (κ2) is 6.17. The van der Waals surface area contributed by atoms with Crippen LogP contribution in [0, 0.1) is 6.92 Å². The van der Waals surface area contributed by atoms with Gasteiger partial charge in [0.1, 0.15) is 12.3 Å². The largest absolute Gasteiger partial charge is 0.394 e. The average molecular weight is 282 g/mol. The van der Waals surface area contributed by atoms with Crippen LogP contribution in [0.15, 0.2) is 28.4 Å². The van der Waals surface area contributed by atoms with Crippen molar-refractivity contribution in [3.05, 3.63) is 45.3 Å². The fourth-order valence-electron chi connectivity index (χ4n) is 2.20. The minimum absolute atomic E-state index is 0.199. The van der Waals surface area contributed by atoms with Gasteiger partial charge in [-0.3, -0.25) is 14.3 Å². The molecule has 20 heavy (non-hydrogen) atoms. The molecule has 0 bridgehead atoms. The molecular weight excluding hydrogens is 264 g/mol. The summed E-state index contributed by atoms with van der Waals surface area (Å²) in [6.07, 6.45) is 2.10. The molecule has 7 nitrogen and oxygen atoms in total. The minimum atomic E-state index is -0.565. The van der Waals surface area contributed by atoms with Crippen molar-refractivity contribution in [3.8, 4) is 0 Å². The summed E-state index contributed by atoms with van der Waals surface area (Å²) in [4.78, 5) is 25.4. The lowest BCUT2D eigenvalue weighted by atomic mass is 10.2. The van der Waals surface area contributed by atoms with Crippen molar-refractivity contribution in [3.63, 3.8) is 0 Å². The zero-order valence-electron chi connectivity index (χ0n) is 11.2. The van der Waals surface area contributed by atoms with Gasteiger partial charge in [-0.15, -0.1) is 6.58 Å². The summed E-state index contributed by atoms with van der Waals surface area (Å²) in [6.45, 7) is 5.32. The fourth-order valence-corrected chi connectivity index (χ4v) is 2.20. The third-order valence-electron chi connectivity index (χ3n) is 3.24. The van der Waals surface area contributed by atoms with Crippen LogP contribution in [0.4, 0.5) is 0 Å². The number of hydrogen-bond donors (Lipinski definition) is 2. The molecule has 1 aromatic rings. The molecule has 3 atom stereocenters. The van der Waals surface area contributed by atoms with Crippen molar-refractivity contribution in [2.24, 2.45) is 0 Å². The number of aliphatic hydroxyl groups excluding tert-OH is 1. The number of aromatic nitrogens is 2. The monoisotopic (exact) mass is 282 g/mol. The molecule has 0 radical (unpaired) electrons. The summed E-state index contributed by atoms with van der Waals surface area (Å²) in [5.41, 5.74) is -0.529. The maximum atomic E-state index is 11.8. The van der Waals surface area contributed by atoms with Gasteiger partial charge >= 0.3 is 5.69 Å². The standard InChI is InChI=1S/C13H18N2O5/c1-3-4-19-9-5-11(20-10(9)7-16)15-6-8(2)12(17)14-13(15)18/h3,6,9-11,16H,1,4-5,7H2,2H3,(H,14,17,18). The number of ether oxygens (including phenoxy) is 2. The number of H-pyrrole nitrogens is 1.